The van der Waals surface area contributed by atoms with E-state index in [2.05, 4.69) is 22.1 Å². The quantitative estimate of drug-likeness (QED) is 0.332. The van der Waals surface area contributed by atoms with Crippen LogP contribution in [-0.4, -0.2) is 52.9 Å². The maximum Gasteiger partial charge on any atom is 0.340 e. The van der Waals surface area contributed by atoms with E-state index in [4.69, 9.17) is 9.47 Å². The van der Waals surface area contributed by atoms with Crippen LogP contribution in [0.25, 0.3) is 0 Å². The van der Waals surface area contributed by atoms with Crippen LogP contribution in [-0.2, 0) is 16.1 Å². The molecular weight excluding hydrogens is 488 g/mol. The Morgan fingerprint density at radius 3 is 2.45 bits per heavy atom. The number of hydrogen-bond donors (Lipinski definition) is 0. The molecule has 4 rings (SSSR count). The third kappa shape index (κ3) is 6.03. The van der Waals surface area contributed by atoms with Crippen molar-refractivity contribution in [3.63, 3.8) is 0 Å². The summed E-state index contributed by atoms with van der Waals surface area (Å²) >= 11 is 0. The number of methoxy groups -OCH3 is 1. The van der Waals surface area contributed by atoms with Crippen molar-refractivity contribution in [2.45, 2.75) is 59.0 Å². The van der Waals surface area contributed by atoms with Crippen LogP contribution in [0.15, 0.2) is 36.8 Å². The molecular formula is C27H33BFN5O4. The summed E-state index contributed by atoms with van der Waals surface area (Å²) in [6.07, 6.45) is 8.27. The first-order valence-electron chi connectivity index (χ1n) is 12.9. The number of benzene rings is 1. The molecule has 0 radical (unpaired) electrons. The van der Waals surface area contributed by atoms with Gasteiger partial charge < -0.3 is 14.4 Å². The molecule has 1 amide bonds. The smallest absolute Gasteiger partial charge is 0.340 e. The highest BCUT2D eigenvalue weighted by atomic mass is 19.1. The van der Waals surface area contributed by atoms with Crippen LogP contribution in [0.2, 0.25) is 0 Å². The zero-order valence-electron chi connectivity index (χ0n) is 22.5. The molecule has 1 saturated carbocycles. The van der Waals surface area contributed by atoms with E-state index in [0.29, 0.717) is 17.9 Å². The monoisotopic (exact) mass is 521 g/mol. The Bertz CT molecular complexity index is 1290. The lowest BCUT2D eigenvalue weighted by Gasteiger charge is -2.34. The molecule has 0 spiro atoms. The summed E-state index contributed by atoms with van der Waals surface area (Å²) in [6, 6.07) is 4.02. The van der Waals surface area contributed by atoms with Crippen LogP contribution in [0.5, 0.6) is 11.6 Å². The Morgan fingerprint density at radius 1 is 1.16 bits per heavy atom. The predicted octanol–water partition coefficient (Wildman–Crippen LogP) is 3.27. The fraction of sp³-hybridized carbons (Fsp3) is 0.444. The predicted molar refractivity (Wildman–Crippen MR) is 143 cm³/mol. The SMILES string of the molecule is Bc1cc(Cn2nccn2)cnc1Oc1cc(C(=O)OC)c(N(C(=O)C2CCC(C)CC2)C(C)C)cc1F. The molecule has 0 atom stereocenters. The second kappa shape index (κ2) is 11.7. The van der Waals surface area contributed by atoms with Gasteiger partial charge >= 0.3 is 5.97 Å². The van der Waals surface area contributed by atoms with Crippen LogP contribution < -0.4 is 15.1 Å². The van der Waals surface area contributed by atoms with Gasteiger partial charge in [0.05, 0.1) is 37.3 Å². The number of nitrogens with zero attached hydrogens (tertiary/aromatic N) is 5. The van der Waals surface area contributed by atoms with Crippen LogP contribution in [0.3, 0.4) is 0 Å². The lowest BCUT2D eigenvalue weighted by atomic mass is 9.82. The number of esters is 1. The Labute approximate surface area is 222 Å². The number of hydrogen-bond acceptors (Lipinski definition) is 7. The number of ether oxygens (including phenoxy) is 2. The zero-order chi connectivity index (χ0) is 27.4. The van der Waals surface area contributed by atoms with Crippen LogP contribution in [0, 0.1) is 17.7 Å². The Hall–Kier alpha value is -3.76. The number of anilines is 1. The number of aromatic nitrogens is 4. The second-order valence-corrected chi connectivity index (χ2v) is 10.2. The van der Waals surface area contributed by atoms with Crippen LogP contribution in [0.1, 0.15) is 62.4 Å². The molecule has 0 unspecified atom stereocenters. The lowest BCUT2D eigenvalue weighted by Crippen LogP contribution is -2.43. The Kier molecular flexibility index (Phi) is 8.43. The van der Waals surface area contributed by atoms with Gasteiger partial charge in [-0.05, 0) is 56.5 Å². The molecule has 1 fully saturated rings. The summed E-state index contributed by atoms with van der Waals surface area (Å²) < 4.78 is 26.3. The number of carbonyl (C=O) groups excluding carboxylic acids is 2. The topological polar surface area (TPSA) is 99.4 Å². The normalized spacial score (nSPS) is 17.3. The molecule has 1 aliphatic carbocycles. The number of halogens is 1. The second-order valence-electron chi connectivity index (χ2n) is 10.2. The summed E-state index contributed by atoms with van der Waals surface area (Å²) in [4.78, 5) is 33.8. The minimum absolute atomic E-state index is 0.0501. The van der Waals surface area contributed by atoms with E-state index in [1.807, 2.05) is 19.9 Å². The average Bonchev–Trinajstić information content (AvgIpc) is 3.39. The van der Waals surface area contributed by atoms with Crippen LogP contribution >= 0.6 is 0 Å². The molecule has 0 saturated heterocycles. The largest absolute Gasteiger partial charge is 0.465 e. The number of pyridine rings is 1. The molecule has 38 heavy (non-hydrogen) atoms. The van der Waals surface area contributed by atoms with Gasteiger partial charge in [-0.3, -0.25) is 4.79 Å². The summed E-state index contributed by atoms with van der Waals surface area (Å²) in [7, 11) is 3.04. The van der Waals surface area contributed by atoms with Crippen molar-refractivity contribution in [3.05, 3.63) is 53.7 Å². The first-order valence-corrected chi connectivity index (χ1v) is 12.9. The van der Waals surface area contributed by atoms with Gasteiger partial charge in [0.25, 0.3) is 0 Å². The summed E-state index contributed by atoms with van der Waals surface area (Å²) in [6.45, 7) is 6.31. The van der Waals surface area contributed by atoms with Crippen LogP contribution in [0.4, 0.5) is 10.1 Å². The van der Waals surface area contributed by atoms with Gasteiger partial charge in [-0.1, -0.05) is 13.0 Å². The fourth-order valence-corrected chi connectivity index (χ4v) is 4.86. The van der Waals surface area contributed by atoms with Gasteiger partial charge in [0.2, 0.25) is 11.8 Å². The summed E-state index contributed by atoms with van der Waals surface area (Å²) in [5.74, 6) is -1.09. The minimum atomic E-state index is -0.714. The number of rotatable bonds is 8. The first kappa shape index (κ1) is 27.3. The molecule has 1 aliphatic rings. The van der Waals surface area contributed by atoms with E-state index < -0.39 is 11.8 Å². The molecule has 0 N–H and O–H groups in total. The highest BCUT2D eigenvalue weighted by Gasteiger charge is 2.33. The molecule has 2 aromatic heterocycles. The van der Waals surface area contributed by atoms with E-state index in [9.17, 15) is 9.59 Å². The van der Waals surface area contributed by atoms with Crippen molar-refractivity contribution >= 4 is 30.9 Å². The molecule has 0 bridgehead atoms. The highest BCUT2D eigenvalue weighted by molar-refractivity contribution is 6.34. The third-order valence-electron chi connectivity index (χ3n) is 6.92. The van der Waals surface area contributed by atoms with Gasteiger partial charge in [0.1, 0.15) is 7.85 Å². The maximum atomic E-state index is 15.5. The van der Waals surface area contributed by atoms with Crippen molar-refractivity contribution < 1.29 is 23.5 Å². The van der Waals surface area contributed by atoms with E-state index in [0.717, 1.165) is 31.2 Å². The van der Waals surface area contributed by atoms with E-state index in [-0.39, 0.29) is 40.7 Å². The number of amides is 1. The molecule has 200 valence electrons. The summed E-state index contributed by atoms with van der Waals surface area (Å²) in [5, 5.41) is 8.16. The van der Waals surface area contributed by atoms with Gasteiger partial charge in [0, 0.05) is 30.3 Å². The molecule has 3 aromatic rings. The van der Waals surface area contributed by atoms with Crippen molar-refractivity contribution in [3.8, 4) is 11.6 Å². The minimum Gasteiger partial charge on any atom is -0.465 e. The van der Waals surface area contributed by atoms with E-state index in [1.54, 1.807) is 26.4 Å². The van der Waals surface area contributed by atoms with Gasteiger partial charge in [-0.15, -0.1) is 0 Å². The van der Waals surface area contributed by atoms with Crippen molar-refractivity contribution in [2.75, 3.05) is 12.0 Å². The maximum absolute atomic E-state index is 15.5. The molecule has 2 heterocycles. The fourth-order valence-electron chi connectivity index (χ4n) is 4.86. The standard InChI is InChI=1S/C27H33BFN5O4/c1-16(2)34(26(35)19-7-5-17(3)6-8-19)23-13-22(29)24(12-20(23)27(36)37-4)38-25-21(28)11-18(14-30-25)15-33-31-9-10-32-33/h9-14,16-17,19H,5-8,15,28H2,1-4H3. The third-order valence-corrected chi connectivity index (χ3v) is 6.92. The van der Waals surface area contributed by atoms with Crippen molar-refractivity contribution in [1.29, 1.82) is 0 Å². The highest BCUT2D eigenvalue weighted by Crippen LogP contribution is 2.36. The number of carbonyl (C=O) groups is 2. The molecule has 0 aliphatic heterocycles. The Balaban J connectivity index is 1.65. The summed E-state index contributed by atoms with van der Waals surface area (Å²) in [5.41, 5.74) is 1.74. The Morgan fingerprint density at radius 2 is 1.84 bits per heavy atom. The van der Waals surface area contributed by atoms with Crippen molar-refractivity contribution in [2.24, 2.45) is 11.8 Å². The van der Waals surface area contributed by atoms with Gasteiger partial charge in [-0.2, -0.15) is 15.0 Å². The van der Waals surface area contributed by atoms with E-state index in [1.165, 1.54) is 28.9 Å². The van der Waals surface area contributed by atoms with Gasteiger partial charge in [-0.25, -0.2) is 14.2 Å². The van der Waals surface area contributed by atoms with Crippen molar-refractivity contribution in [1.82, 2.24) is 20.0 Å². The first-order chi connectivity index (χ1) is 18.2. The molecule has 1 aromatic carbocycles. The average molecular weight is 521 g/mol. The lowest BCUT2D eigenvalue weighted by molar-refractivity contribution is -0.123. The molecule has 9 nitrogen and oxygen atoms in total. The molecule has 11 heteroatoms. The zero-order valence-corrected chi connectivity index (χ0v) is 22.5. The van der Waals surface area contributed by atoms with E-state index >= 15 is 4.39 Å². The van der Waals surface area contributed by atoms with Gasteiger partial charge in [0.15, 0.2) is 11.6 Å².